The highest BCUT2D eigenvalue weighted by atomic mass is 19.4. The summed E-state index contributed by atoms with van der Waals surface area (Å²) in [5, 5.41) is 2.32. The van der Waals surface area contributed by atoms with E-state index in [1.54, 1.807) is 0 Å². The molecule has 2 amide bonds. The Kier molecular flexibility index (Phi) is 4.90. The van der Waals surface area contributed by atoms with Crippen LogP contribution in [0.4, 0.5) is 41.2 Å². The van der Waals surface area contributed by atoms with E-state index in [1.165, 1.54) is 7.11 Å². The van der Waals surface area contributed by atoms with Crippen LogP contribution in [0.5, 0.6) is 0 Å². The van der Waals surface area contributed by atoms with Crippen LogP contribution in [0.2, 0.25) is 0 Å². The number of ether oxygens (including phenoxy) is 1. The molecule has 0 aliphatic carbocycles. The number of nitrogens with one attached hydrogen (secondary N) is 1. The third kappa shape index (κ3) is 3.37. The molecule has 0 fully saturated rings. The average molecular weight is 374 g/mol. The number of methoxy groups -OCH3 is 1. The Balaban J connectivity index is 2.45. The normalized spacial score (nSPS) is 15.8. The first-order valence-electron chi connectivity index (χ1n) is 6.92. The number of anilines is 1. The molecule has 1 heterocycles. The van der Waals surface area contributed by atoms with Gasteiger partial charge in [0.05, 0.1) is 6.61 Å². The van der Waals surface area contributed by atoms with E-state index in [0.717, 1.165) is 11.0 Å². The molecule has 1 N–H and O–H groups in total. The van der Waals surface area contributed by atoms with Crippen molar-refractivity contribution in [1.82, 2.24) is 4.90 Å². The Hall–Kier alpha value is -2.04. The minimum Gasteiger partial charge on any atom is -0.383 e. The summed E-state index contributed by atoms with van der Waals surface area (Å²) in [5.74, 6) is 0. The predicted octanol–water partition coefficient (Wildman–Crippen LogP) is 3.97. The Morgan fingerprint density at radius 1 is 1.12 bits per heavy atom. The summed E-state index contributed by atoms with van der Waals surface area (Å²) in [6.45, 7) is -0.101. The van der Waals surface area contributed by atoms with Gasteiger partial charge in [-0.2, -0.15) is 26.3 Å². The topological polar surface area (TPSA) is 41.6 Å². The molecule has 25 heavy (non-hydrogen) atoms. The van der Waals surface area contributed by atoms with Crippen LogP contribution in [0.25, 0.3) is 0 Å². The van der Waals surface area contributed by atoms with Crippen molar-refractivity contribution in [3.63, 3.8) is 0 Å². The van der Waals surface area contributed by atoms with Gasteiger partial charge in [0.1, 0.15) is 0 Å². The molecule has 1 aromatic rings. The zero-order valence-corrected chi connectivity index (χ0v) is 12.8. The van der Waals surface area contributed by atoms with Gasteiger partial charge in [0.25, 0.3) is 0 Å². The number of rotatable bonds is 4. The fraction of sp³-hybridized carbons (Fsp3) is 0.500. The van der Waals surface area contributed by atoms with Crippen molar-refractivity contribution < 1.29 is 40.3 Å². The molecule has 140 valence electrons. The minimum atomic E-state index is -6.19. The van der Waals surface area contributed by atoms with E-state index < -0.39 is 29.6 Å². The average Bonchev–Trinajstić information content (AvgIpc) is 2.49. The molecule has 0 spiro atoms. The monoisotopic (exact) mass is 374 g/mol. The zero-order chi connectivity index (χ0) is 19.0. The van der Waals surface area contributed by atoms with Crippen LogP contribution in [-0.4, -0.2) is 43.5 Å². The van der Waals surface area contributed by atoms with Gasteiger partial charge < -0.3 is 15.0 Å². The van der Waals surface area contributed by atoms with Crippen molar-refractivity contribution in [3.8, 4) is 0 Å². The van der Waals surface area contributed by atoms with E-state index in [0.29, 0.717) is 12.1 Å². The van der Waals surface area contributed by atoms with Crippen LogP contribution in [0.1, 0.15) is 11.1 Å². The van der Waals surface area contributed by atoms with Gasteiger partial charge in [-0.05, 0) is 17.7 Å². The first-order valence-corrected chi connectivity index (χ1v) is 6.92. The fourth-order valence-corrected chi connectivity index (χ4v) is 2.40. The van der Waals surface area contributed by atoms with Gasteiger partial charge in [-0.15, -0.1) is 0 Å². The quantitative estimate of drug-likeness (QED) is 0.811. The number of urea groups is 1. The molecular weight excluding hydrogens is 361 g/mol. The number of amides is 2. The van der Waals surface area contributed by atoms with Crippen LogP contribution in [-0.2, 0) is 17.0 Å². The summed E-state index contributed by atoms with van der Waals surface area (Å²) in [5.41, 5.74) is -7.14. The maximum Gasteiger partial charge on any atom is 0.435 e. The van der Waals surface area contributed by atoms with Gasteiger partial charge in [0, 0.05) is 31.5 Å². The number of fused-ring (bicyclic) bond motifs is 1. The lowest BCUT2D eigenvalue weighted by Gasteiger charge is -2.33. The number of nitrogens with zero attached hydrogens (tertiary/aromatic N) is 1. The second kappa shape index (κ2) is 6.36. The van der Waals surface area contributed by atoms with E-state index in [1.807, 2.05) is 0 Å². The van der Waals surface area contributed by atoms with Gasteiger partial charge in [0.2, 0.25) is 0 Å². The Morgan fingerprint density at radius 2 is 1.72 bits per heavy atom. The summed E-state index contributed by atoms with van der Waals surface area (Å²) in [6.07, 6.45) is -12.4. The summed E-state index contributed by atoms with van der Waals surface area (Å²) in [6, 6.07) is 1.07. The van der Waals surface area contributed by atoms with Gasteiger partial charge in [-0.3, -0.25) is 0 Å². The van der Waals surface area contributed by atoms with Crippen molar-refractivity contribution >= 4 is 11.7 Å². The van der Waals surface area contributed by atoms with Crippen molar-refractivity contribution in [1.29, 1.82) is 0 Å². The molecule has 2 rings (SSSR count). The van der Waals surface area contributed by atoms with Crippen LogP contribution in [0.3, 0.4) is 0 Å². The number of carbonyl (C=O) groups excluding carboxylic acids is 1. The van der Waals surface area contributed by atoms with Crippen molar-refractivity contribution in [2.45, 2.75) is 24.6 Å². The number of halogens is 7. The third-order valence-electron chi connectivity index (χ3n) is 3.74. The molecule has 0 radical (unpaired) electrons. The smallest absolute Gasteiger partial charge is 0.383 e. The van der Waals surface area contributed by atoms with Gasteiger partial charge in [-0.1, -0.05) is 6.07 Å². The molecule has 1 aliphatic heterocycles. The first kappa shape index (κ1) is 19.3. The highest BCUT2D eigenvalue weighted by Gasteiger charge is 2.73. The molecule has 0 saturated carbocycles. The first-order chi connectivity index (χ1) is 11.4. The second-order valence-electron chi connectivity index (χ2n) is 5.37. The number of hydrogen-bond acceptors (Lipinski definition) is 2. The van der Waals surface area contributed by atoms with E-state index in [4.69, 9.17) is 4.74 Å². The maximum absolute atomic E-state index is 14.1. The molecule has 0 unspecified atom stereocenters. The Morgan fingerprint density at radius 3 is 2.24 bits per heavy atom. The SMILES string of the molecule is COCCN1Cc2cc(C(F)(C(F)(F)F)C(F)(F)F)ccc2NC1=O. The second-order valence-corrected chi connectivity index (χ2v) is 5.37. The standard InChI is InChI=1S/C14H13F7N2O2/c1-25-5-4-23-7-8-6-9(2-3-10(8)22-11(23)24)12(15,13(16,17)18)14(19,20)21/h2-3,6H,4-5,7H2,1H3,(H,22,24). The maximum atomic E-state index is 14.1. The number of carbonyl (C=O) groups is 1. The molecule has 0 atom stereocenters. The van der Waals surface area contributed by atoms with Crippen molar-refractivity contribution in [3.05, 3.63) is 29.3 Å². The molecule has 4 nitrogen and oxygen atoms in total. The predicted molar refractivity (Wildman–Crippen MR) is 72.6 cm³/mol. The van der Waals surface area contributed by atoms with Crippen LogP contribution in [0, 0.1) is 0 Å². The lowest BCUT2D eigenvalue weighted by atomic mass is 9.91. The van der Waals surface area contributed by atoms with Gasteiger partial charge >= 0.3 is 24.1 Å². The Labute approximate surface area is 137 Å². The summed E-state index contributed by atoms with van der Waals surface area (Å²) < 4.78 is 95.9. The molecule has 1 aliphatic rings. The van der Waals surface area contributed by atoms with Crippen molar-refractivity contribution in [2.75, 3.05) is 25.6 Å². The zero-order valence-electron chi connectivity index (χ0n) is 12.8. The van der Waals surface area contributed by atoms with E-state index in [9.17, 15) is 35.5 Å². The summed E-state index contributed by atoms with van der Waals surface area (Å²) in [4.78, 5) is 12.9. The fourth-order valence-electron chi connectivity index (χ4n) is 2.40. The highest BCUT2D eigenvalue weighted by Crippen LogP contribution is 2.53. The third-order valence-corrected chi connectivity index (χ3v) is 3.74. The van der Waals surface area contributed by atoms with Gasteiger partial charge in [0.15, 0.2) is 0 Å². The van der Waals surface area contributed by atoms with Crippen LogP contribution >= 0.6 is 0 Å². The lowest BCUT2D eigenvalue weighted by Crippen LogP contribution is -2.50. The van der Waals surface area contributed by atoms with E-state index >= 15 is 0 Å². The molecular formula is C14H13F7N2O2. The molecule has 11 heteroatoms. The minimum absolute atomic E-state index is 0.0223. The molecule has 0 saturated heterocycles. The van der Waals surface area contributed by atoms with Crippen LogP contribution < -0.4 is 5.32 Å². The summed E-state index contributed by atoms with van der Waals surface area (Å²) in [7, 11) is 1.36. The highest BCUT2D eigenvalue weighted by molar-refractivity contribution is 5.92. The number of alkyl halides is 7. The molecule has 1 aromatic carbocycles. The lowest BCUT2D eigenvalue weighted by molar-refractivity contribution is -0.348. The number of hydrogen-bond donors (Lipinski definition) is 1. The molecule has 0 bridgehead atoms. The summed E-state index contributed by atoms with van der Waals surface area (Å²) >= 11 is 0. The van der Waals surface area contributed by atoms with Crippen LogP contribution in [0.15, 0.2) is 18.2 Å². The number of benzene rings is 1. The van der Waals surface area contributed by atoms with Gasteiger partial charge in [-0.25, -0.2) is 9.18 Å². The largest absolute Gasteiger partial charge is 0.435 e. The Bertz CT molecular complexity index is 644. The van der Waals surface area contributed by atoms with E-state index in [-0.39, 0.29) is 30.9 Å². The van der Waals surface area contributed by atoms with E-state index in [2.05, 4.69) is 5.32 Å². The van der Waals surface area contributed by atoms with Crippen molar-refractivity contribution in [2.24, 2.45) is 0 Å². The molecule has 0 aromatic heterocycles.